The molecule has 8 nitrogen and oxygen atoms in total. The maximum absolute atomic E-state index is 13.8. The summed E-state index contributed by atoms with van der Waals surface area (Å²) < 4.78 is 74.7. The molecule has 0 N–H and O–H groups in total. The lowest BCUT2D eigenvalue weighted by atomic mass is 10.1. The van der Waals surface area contributed by atoms with Crippen molar-refractivity contribution in [2.45, 2.75) is 17.6 Å². The maximum Gasteiger partial charge on any atom is 0.416 e. The highest BCUT2D eigenvalue weighted by Gasteiger charge is 2.32. The predicted octanol–water partition coefficient (Wildman–Crippen LogP) is 4.63. The molecule has 5 rings (SSSR count). The number of benzene rings is 1. The molecule has 3 aromatic heterocycles. The first-order valence-electron chi connectivity index (χ1n) is 11.2. The summed E-state index contributed by atoms with van der Waals surface area (Å²) in [6, 6.07) is 12.4. The number of hydrogen-bond donors (Lipinski definition) is 0. The molecule has 4 aromatic rings. The molecule has 1 aliphatic rings. The molecular formula is C24H21ClF3N5O3S. The van der Waals surface area contributed by atoms with E-state index < -0.39 is 21.8 Å². The summed E-state index contributed by atoms with van der Waals surface area (Å²) in [5, 5.41) is 0.0454. The van der Waals surface area contributed by atoms with Crippen molar-refractivity contribution in [2.24, 2.45) is 0 Å². The Labute approximate surface area is 215 Å². The first-order chi connectivity index (χ1) is 17.6. The van der Waals surface area contributed by atoms with Crippen LogP contribution in [0, 0.1) is 0 Å². The van der Waals surface area contributed by atoms with Crippen LogP contribution in [-0.2, 0) is 27.5 Å². The second-order valence-corrected chi connectivity index (χ2v) is 10.5. The van der Waals surface area contributed by atoms with Crippen LogP contribution in [-0.4, -0.2) is 49.1 Å². The number of morpholine rings is 1. The lowest BCUT2D eigenvalue weighted by Gasteiger charge is -2.28. The van der Waals surface area contributed by atoms with Gasteiger partial charge in [-0.1, -0.05) is 29.8 Å². The van der Waals surface area contributed by atoms with Crippen LogP contribution in [0.4, 0.5) is 24.8 Å². The van der Waals surface area contributed by atoms with Crippen LogP contribution in [0.25, 0.3) is 5.65 Å². The van der Waals surface area contributed by atoms with Gasteiger partial charge < -0.3 is 9.64 Å². The number of ether oxygens (including phenoxy) is 1. The third-order valence-corrected chi connectivity index (χ3v) is 8.01. The number of rotatable bonds is 6. The molecule has 0 saturated carbocycles. The monoisotopic (exact) mass is 551 g/mol. The summed E-state index contributed by atoms with van der Waals surface area (Å²) in [6.45, 7) is 2.07. The highest BCUT2D eigenvalue weighted by atomic mass is 35.5. The Morgan fingerprint density at radius 3 is 2.38 bits per heavy atom. The van der Waals surface area contributed by atoms with E-state index in [0.29, 0.717) is 43.3 Å². The van der Waals surface area contributed by atoms with Crippen molar-refractivity contribution in [2.75, 3.05) is 35.5 Å². The van der Waals surface area contributed by atoms with Gasteiger partial charge in [-0.25, -0.2) is 22.7 Å². The van der Waals surface area contributed by atoms with Crippen molar-refractivity contribution >= 4 is 38.9 Å². The minimum Gasteiger partial charge on any atom is -0.378 e. The minimum atomic E-state index is -4.51. The van der Waals surface area contributed by atoms with E-state index in [1.54, 1.807) is 30.5 Å². The van der Waals surface area contributed by atoms with E-state index in [1.807, 2.05) is 4.90 Å². The van der Waals surface area contributed by atoms with Gasteiger partial charge in [0, 0.05) is 25.5 Å². The summed E-state index contributed by atoms with van der Waals surface area (Å²) >= 11 is 6.53. The summed E-state index contributed by atoms with van der Waals surface area (Å²) in [4.78, 5) is 10.6. The van der Waals surface area contributed by atoms with Gasteiger partial charge in [-0.15, -0.1) is 0 Å². The zero-order chi connectivity index (χ0) is 26.2. The molecule has 37 heavy (non-hydrogen) atoms. The molecule has 4 heterocycles. The largest absolute Gasteiger partial charge is 0.416 e. The van der Waals surface area contributed by atoms with Crippen molar-refractivity contribution in [3.63, 3.8) is 0 Å². The van der Waals surface area contributed by atoms with E-state index in [-0.39, 0.29) is 22.4 Å². The number of sulfonamides is 1. The molecule has 1 aliphatic heterocycles. The second kappa shape index (κ2) is 9.84. The zero-order valence-corrected chi connectivity index (χ0v) is 20.8. The molecule has 0 radical (unpaired) electrons. The maximum atomic E-state index is 13.8. The van der Waals surface area contributed by atoms with Crippen molar-refractivity contribution < 1.29 is 26.3 Å². The molecule has 194 valence electrons. The molecule has 13 heteroatoms. The van der Waals surface area contributed by atoms with Crippen LogP contribution in [0.2, 0.25) is 5.15 Å². The molecule has 0 amide bonds. The van der Waals surface area contributed by atoms with Gasteiger partial charge in [-0.05, 0) is 42.0 Å². The molecule has 0 unspecified atom stereocenters. The fourth-order valence-electron chi connectivity index (χ4n) is 3.98. The molecule has 1 fully saturated rings. The SMILES string of the molecule is O=S(=O)(c1ccc(N2CCOCC2)nc1)N(Cc1ccc(C(F)(F)F)cc1)c1nc2ccccn2c1Cl. The highest BCUT2D eigenvalue weighted by Crippen LogP contribution is 2.34. The number of anilines is 2. The average molecular weight is 552 g/mol. The van der Waals surface area contributed by atoms with Gasteiger partial charge in [0.25, 0.3) is 10.0 Å². The fraction of sp³-hybridized carbons (Fsp3) is 0.250. The van der Waals surface area contributed by atoms with Gasteiger partial charge in [0.15, 0.2) is 11.0 Å². The average Bonchev–Trinajstić information content (AvgIpc) is 3.23. The quantitative estimate of drug-likeness (QED) is 0.347. The van der Waals surface area contributed by atoms with E-state index in [2.05, 4.69) is 9.97 Å². The van der Waals surface area contributed by atoms with Crippen molar-refractivity contribution in [1.82, 2.24) is 14.4 Å². The fourth-order valence-corrected chi connectivity index (χ4v) is 5.67. The van der Waals surface area contributed by atoms with E-state index in [1.165, 1.54) is 28.8 Å². The standard InChI is InChI=1S/C24H21ClF3N5O3S/c25-22-23(30-21-3-1-2-10-32(21)22)33(16-17-4-6-18(7-5-17)24(26,27)28)37(34,35)19-8-9-20(29-15-19)31-11-13-36-14-12-31/h1-10,15H,11-14,16H2. The Morgan fingerprint density at radius 2 is 1.76 bits per heavy atom. The highest BCUT2D eigenvalue weighted by molar-refractivity contribution is 7.92. The zero-order valence-electron chi connectivity index (χ0n) is 19.3. The molecule has 1 saturated heterocycles. The second-order valence-electron chi connectivity index (χ2n) is 8.31. The number of imidazole rings is 1. The van der Waals surface area contributed by atoms with Gasteiger partial charge in [0.05, 0.1) is 25.3 Å². The van der Waals surface area contributed by atoms with Crippen LogP contribution >= 0.6 is 11.6 Å². The number of fused-ring (bicyclic) bond motifs is 1. The van der Waals surface area contributed by atoms with E-state index in [0.717, 1.165) is 16.4 Å². The Hall–Kier alpha value is -3.35. The third kappa shape index (κ3) is 5.09. The first kappa shape index (κ1) is 25.3. The molecule has 1 aromatic carbocycles. The van der Waals surface area contributed by atoms with Crippen molar-refractivity contribution in [3.8, 4) is 0 Å². The molecular weight excluding hydrogens is 531 g/mol. The van der Waals surface area contributed by atoms with E-state index in [4.69, 9.17) is 16.3 Å². The van der Waals surface area contributed by atoms with Crippen LogP contribution in [0.15, 0.2) is 71.9 Å². The number of halogens is 4. The molecule has 0 atom stereocenters. The van der Waals surface area contributed by atoms with Gasteiger partial charge in [-0.3, -0.25) is 4.40 Å². The summed E-state index contributed by atoms with van der Waals surface area (Å²) in [7, 11) is -4.26. The Balaban J connectivity index is 1.54. The molecule has 0 aliphatic carbocycles. The van der Waals surface area contributed by atoms with Gasteiger partial charge >= 0.3 is 6.18 Å². The lowest BCUT2D eigenvalue weighted by Crippen LogP contribution is -2.36. The predicted molar refractivity (Wildman–Crippen MR) is 132 cm³/mol. The topological polar surface area (TPSA) is 80.0 Å². The number of hydrogen-bond acceptors (Lipinski definition) is 6. The number of alkyl halides is 3. The molecule has 0 spiro atoms. The van der Waals surface area contributed by atoms with Gasteiger partial charge in [-0.2, -0.15) is 13.2 Å². The summed E-state index contributed by atoms with van der Waals surface area (Å²) in [5.74, 6) is 0.562. The van der Waals surface area contributed by atoms with Crippen molar-refractivity contribution in [1.29, 1.82) is 0 Å². The normalized spacial score (nSPS) is 14.8. The van der Waals surface area contributed by atoms with Crippen LogP contribution in [0.5, 0.6) is 0 Å². The summed E-state index contributed by atoms with van der Waals surface area (Å²) in [5.41, 5.74) is -0.0992. The van der Waals surface area contributed by atoms with E-state index in [9.17, 15) is 21.6 Å². The minimum absolute atomic E-state index is 0.0454. The summed E-state index contributed by atoms with van der Waals surface area (Å²) in [6.07, 6.45) is -1.62. The van der Waals surface area contributed by atoms with Gasteiger partial charge in [0.2, 0.25) is 0 Å². The van der Waals surface area contributed by atoms with E-state index >= 15 is 0 Å². The Morgan fingerprint density at radius 1 is 1.03 bits per heavy atom. The van der Waals surface area contributed by atoms with Gasteiger partial charge in [0.1, 0.15) is 16.4 Å². The van der Waals surface area contributed by atoms with Crippen molar-refractivity contribution in [3.05, 3.63) is 83.3 Å². The van der Waals surface area contributed by atoms with Crippen LogP contribution in [0.3, 0.4) is 0 Å². The Bertz CT molecular complexity index is 1500. The Kier molecular flexibility index (Phi) is 6.73. The van der Waals surface area contributed by atoms with Crippen LogP contribution < -0.4 is 9.21 Å². The molecule has 0 bridgehead atoms. The third-order valence-electron chi connectivity index (χ3n) is 5.94. The number of pyridine rings is 2. The smallest absolute Gasteiger partial charge is 0.378 e. The first-order valence-corrected chi connectivity index (χ1v) is 13.1. The van der Waals surface area contributed by atoms with Crippen LogP contribution in [0.1, 0.15) is 11.1 Å². The number of aromatic nitrogens is 3. The number of nitrogens with zero attached hydrogens (tertiary/aromatic N) is 5. The lowest BCUT2D eigenvalue weighted by molar-refractivity contribution is -0.137.